The lowest BCUT2D eigenvalue weighted by Gasteiger charge is -2.21. The first-order chi connectivity index (χ1) is 13.1. The topological polar surface area (TPSA) is 58.2 Å². The second kappa shape index (κ2) is 9.60. The van der Waals surface area contributed by atoms with E-state index in [1.165, 1.54) is 18.2 Å². The van der Waals surface area contributed by atoms with Crippen LogP contribution in [0.2, 0.25) is 0 Å². The van der Waals surface area contributed by atoms with Crippen LogP contribution in [0.3, 0.4) is 0 Å². The molecule has 2 amide bonds. The van der Waals surface area contributed by atoms with Gasteiger partial charge in [-0.3, -0.25) is 9.59 Å². The van der Waals surface area contributed by atoms with Gasteiger partial charge in [0.2, 0.25) is 11.8 Å². The van der Waals surface area contributed by atoms with E-state index in [1.807, 2.05) is 61.5 Å². The Hall–Kier alpha value is -2.27. The monoisotopic (exact) mass is 382 g/mol. The van der Waals surface area contributed by atoms with E-state index in [2.05, 4.69) is 10.6 Å². The SMILES string of the molecule is CC(Sc1cccc(NC(=O)C2CCCCC2)c1)C(=O)Nc1ccccc1. The lowest BCUT2D eigenvalue weighted by Crippen LogP contribution is -2.24. The van der Waals surface area contributed by atoms with Gasteiger partial charge < -0.3 is 10.6 Å². The minimum Gasteiger partial charge on any atom is -0.326 e. The van der Waals surface area contributed by atoms with Gasteiger partial charge in [0.15, 0.2) is 0 Å². The first-order valence-corrected chi connectivity index (χ1v) is 10.4. The molecule has 1 aliphatic carbocycles. The summed E-state index contributed by atoms with van der Waals surface area (Å²) >= 11 is 1.48. The Bertz CT molecular complexity index is 773. The number of rotatable bonds is 6. The zero-order chi connectivity index (χ0) is 19.1. The Morgan fingerprint density at radius 1 is 0.926 bits per heavy atom. The molecular formula is C22H26N2O2S. The summed E-state index contributed by atoms with van der Waals surface area (Å²) in [6.07, 6.45) is 5.48. The van der Waals surface area contributed by atoms with Gasteiger partial charge in [-0.1, -0.05) is 43.5 Å². The maximum Gasteiger partial charge on any atom is 0.237 e. The van der Waals surface area contributed by atoms with E-state index in [9.17, 15) is 9.59 Å². The van der Waals surface area contributed by atoms with Gasteiger partial charge in [0, 0.05) is 22.2 Å². The van der Waals surface area contributed by atoms with Crippen molar-refractivity contribution in [2.45, 2.75) is 49.2 Å². The largest absolute Gasteiger partial charge is 0.326 e. The highest BCUT2D eigenvalue weighted by molar-refractivity contribution is 8.00. The molecule has 1 saturated carbocycles. The van der Waals surface area contributed by atoms with Crippen LogP contribution in [0.5, 0.6) is 0 Å². The third kappa shape index (κ3) is 5.86. The average molecular weight is 383 g/mol. The quantitative estimate of drug-likeness (QED) is 0.664. The molecule has 0 aliphatic heterocycles. The van der Waals surface area contributed by atoms with Crippen LogP contribution in [0, 0.1) is 5.92 Å². The predicted molar refractivity (Wildman–Crippen MR) is 112 cm³/mol. The van der Waals surface area contributed by atoms with Crippen molar-refractivity contribution in [3.05, 3.63) is 54.6 Å². The molecular weight excluding hydrogens is 356 g/mol. The molecule has 142 valence electrons. The van der Waals surface area contributed by atoms with Crippen molar-refractivity contribution >= 4 is 35.0 Å². The van der Waals surface area contributed by atoms with Crippen molar-refractivity contribution in [3.8, 4) is 0 Å². The molecule has 2 N–H and O–H groups in total. The number of anilines is 2. The Morgan fingerprint density at radius 2 is 1.63 bits per heavy atom. The van der Waals surface area contributed by atoms with Gasteiger partial charge in [-0.05, 0) is 50.1 Å². The van der Waals surface area contributed by atoms with Crippen LogP contribution in [-0.2, 0) is 9.59 Å². The highest BCUT2D eigenvalue weighted by Gasteiger charge is 2.21. The van der Waals surface area contributed by atoms with Gasteiger partial charge >= 0.3 is 0 Å². The van der Waals surface area contributed by atoms with Crippen LogP contribution < -0.4 is 10.6 Å². The number of hydrogen-bond acceptors (Lipinski definition) is 3. The number of para-hydroxylation sites is 1. The fourth-order valence-corrected chi connectivity index (χ4v) is 4.21. The Kier molecular flexibility index (Phi) is 6.93. The number of hydrogen-bond donors (Lipinski definition) is 2. The van der Waals surface area contributed by atoms with Crippen molar-refractivity contribution in [2.24, 2.45) is 5.92 Å². The van der Waals surface area contributed by atoms with Gasteiger partial charge in [0.25, 0.3) is 0 Å². The molecule has 0 saturated heterocycles. The summed E-state index contributed by atoms with van der Waals surface area (Å²) in [7, 11) is 0. The first kappa shape index (κ1) is 19.5. The lowest BCUT2D eigenvalue weighted by atomic mass is 9.88. The zero-order valence-electron chi connectivity index (χ0n) is 15.6. The summed E-state index contributed by atoms with van der Waals surface area (Å²) in [5.41, 5.74) is 1.59. The molecule has 1 unspecified atom stereocenters. The van der Waals surface area contributed by atoms with Crippen LogP contribution in [0.25, 0.3) is 0 Å². The summed E-state index contributed by atoms with van der Waals surface area (Å²) < 4.78 is 0. The van der Waals surface area contributed by atoms with E-state index in [4.69, 9.17) is 0 Å². The summed E-state index contributed by atoms with van der Waals surface area (Å²) in [4.78, 5) is 25.8. The second-order valence-corrected chi connectivity index (χ2v) is 8.38. The van der Waals surface area contributed by atoms with Gasteiger partial charge in [-0.2, -0.15) is 0 Å². The minimum atomic E-state index is -0.241. The van der Waals surface area contributed by atoms with Crippen molar-refractivity contribution in [1.82, 2.24) is 0 Å². The maximum absolute atomic E-state index is 12.4. The lowest BCUT2D eigenvalue weighted by molar-refractivity contribution is -0.120. The fourth-order valence-electron chi connectivity index (χ4n) is 3.28. The predicted octanol–water partition coefficient (Wildman–Crippen LogP) is 5.32. The third-order valence-corrected chi connectivity index (χ3v) is 5.89. The molecule has 0 bridgehead atoms. The number of amides is 2. The number of benzene rings is 2. The maximum atomic E-state index is 12.4. The molecule has 1 fully saturated rings. The third-order valence-electron chi connectivity index (χ3n) is 4.80. The Morgan fingerprint density at radius 3 is 2.37 bits per heavy atom. The molecule has 0 radical (unpaired) electrons. The Labute approximate surface area is 165 Å². The van der Waals surface area contributed by atoms with Gasteiger partial charge in [0.1, 0.15) is 0 Å². The number of carbonyl (C=O) groups is 2. The Balaban J connectivity index is 1.56. The fraction of sp³-hybridized carbons (Fsp3) is 0.364. The molecule has 3 rings (SSSR count). The van der Waals surface area contributed by atoms with E-state index in [0.29, 0.717) is 0 Å². The molecule has 2 aromatic carbocycles. The zero-order valence-corrected chi connectivity index (χ0v) is 16.4. The molecule has 0 heterocycles. The molecule has 5 heteroatoms. The molecule has 1 aliphatic rings. The average Bonchev–Trinajstić information content (AvgIpc) is 2.69. The van der Waals surface area contributed by atoms with Crippen molar-refractivity contribution in [3.63, 3.8) is 0 Å². The number of nitrogens with one attached hydrogen (secondary N) is 2. The van der Waals surface area contributed by atoms with Crippen molar-refractivity contribution in [2.75, 3.05) is 10.6 Å². The standard InChI is InChI=1S/C22H26N2O2S/c1-16(21(25)23-18-11-6-3-7-12-18)27-20-14-8-13-19(15-20)24-22(26)17-9-4-2-5-10-17/h3,6-8,11-17H,2,4-5,9-10H2,1H3,(H,23,25)(H,24,26). The smallest absolute Gasteiger partial charge is 0.237 e. The molecule has 0 aromatic heterocycles. The highest BCUT2D eigenvalue weighted by atomic mass is 32.2. The van der Waals surface area contributed by atoms with Crippen LogP contribution in [0.1, 0.15) is 39.0 Å². The molecule has 2 aromatic rings. The van der Waals surface area contributed by atoms with Gasteiger partial charge in [-0.15, -0.1) is 11.8 Å². The first-order valence-electron chi connectivity index (χ1n) is 9.55. The van der Waals surface area contributed by atoms with Crippen LogP contribution in [0.4, 0.5) is 11.4 Å². The van der Waals surface area contributed by atoms with Gasteiger partial charge in [-0.25, -0.2) is 0 Å². The van der Waals surface area contributed by atoms with E-state index in [-0.39, 0.29) is 23.0 Å². The summed E-state index contributed by atoms with van der Waals surface area (Å²) in [6.45, 7) is 1.89. The molecule has 27 heavy (non-hydrogen) atoms. The summed E-state index contributed by atoms with van der Waals surface area (Å²) in [6, 6.07) is 17.2. The van der Waals surface area contributed by atoms with Crippen molar-refractivity contribution < 1.29 is 9.59 Å². The molecule has 0 spiro atoms. The summed E-state index contributed by atoms with van der Waals surface area (Å²) in [5, 5.41) is 5.72. The molecule has 1 atom stereocenters. The highest BCUT2D eigenvalue weighted by Crippen LogP contribution is 2.28. The minimum absolute atomic E-state index is 0.0390. The summed E-state index contributed by atoms with van der Waals surface area (Å²) in [5.74, 6) is 0.209. The van der Waals surface area contributed by atoms with E-state index in [0.717, 1.165) is 42.0 Å². The normalized spacial score (nSPS) is 15.7. The second-order valence-electron chi connectivity index (χ2n) is 6.97. The number of carbonyl (C=O) groups excluding carboxylic acids is 2. The van der Waals surface area contributed by atoms with E-state index in [1.54, 1.807) is 0 Å². The van der Waals surface area contributed by atoms with E-state index >= 15 is 0 Å². The van der Waals surface area contributed by atoms with E-state index < -0.39 is 0 Å². The van der Waals surface area contributed by atoms with Crippen LogP contribution in [-0.4, -0.2) is 17.1 Å². The van der Waals surface area contributed by atoms with Crippen molar-refractivity contribution in [1.29, 1.82) is 0 Å². The van der Waals surface area contributed by atoms with Crippen LogP contribution >= 0.6 is 11.8 Å². The van der Waals surface area contributed by atoms with Gasteiger partial charge in [0.05, 0.1) is 5.25 Å². The molecule has 4 nitrogen and oxygen atoms in total. The number of thioether (sulfide) groups is 1. The van der Waals surface area contributed by atoms with Crippen LogP contribution in [0.15, 0.2) is 59.5 Å².